The van der Waals surface area contributed by atoms with Crippen molar-refractivity contribution in [3.8, 4) is 5.69 Å². The Morgan fingerprint density at radius 1 is 1.15 bits per heavy atom. The Bertz CT molecular complexity index is 1330. The van der Waals surface area contributed by atoms with E-state index in [9.17, 15) is 18.0 Å². The number of nitrogens with one attached hydrogen (secondary N) is 1. The molecule has 0 radical (unpaired) electrons. The average molecular weight is 453 g/mol. The van der Waals surface area contributed by atoms with Gasteiger partial charge in [0.2, 0.25) is 0 Å². The highest BCUT2D eigenvalue weighted by atomic mass is 19.4. The van der Waals surface area contributed by atoms with Gasteiger partial charge in [0, 0.05) is 12.5 Å². The fourth-order valence-corrected chi connectivity index (χ4v) is 4.17. The van der Waals surface area contributed by atoms with E-state index in [0.717, 1.165) is 41.8 Å². The van der Waals surface area contributed by atoms with E-state index in [2.05, 4.69) is 15.4 Å². The highest BCUT2D eigenvalue weighted by Crippen LogP contribution is 2.43. The third-order valence-electron chi connectivity index (χ3n) is 5.89. The number of benzene rings is 2. The average Bonchev–Trinajstić information content (AvgIpc) is 3.44. The first-order valence-electron chi connectivity index (χ1n) is 10.8. The molecule has 1 amide bonds. The predicted octanol–water partition coefficient (Wildman–Crippen LogP) is 5.07. The second-order valence-corrected chi connectivity index (χ2v) is 8.12. The summed E-state index contributed by atoms with van der Waals surface area (Å²) in [6.07, 6.45) is -1.27. The minimum Gasteiger partial charge on any atom is -0.345 e. The Balaban J connectivity index is 1.43. The molecule has 1 saturated carbocycles. The second-order valence-electron chi connectivity index (χ2n) is 8.12. The highest BCUT2D eigenvalue weighted by Gasteiger charge is 2.34. The van der Waals surface area contributed by atoms with Gasteiger partial charge in [0.1, 0.15) is 5.82 Å². The van der Waals surface area contributed by atoms with Crippen LogP contribution in [0.5, 0.6) is 0 Å². The van der Waals surface area contributed by atoms with Crippen LogP contribution in [0.15, 0.2) is 54.7 Å². The van der Waals surface area contributed by atoms with E-state index in [0.29, 0.717) is 23.5 Å². The summed E-state index contributed by atoms with van der Waals surface area (Å²) in [5.74, 6) is 0.526. The molecule has 33 heavy (non-hydrogen) atoms. The summed E-state index contributed by atoms with van der Waals surface area (Å²) in [5, 5.41) is 7.20. The van der Waals surface area contributed by atoms with Crippen molar-refractivity contribution in [2.24, 2.45) is 0 Å². The summed E-state index contributed by atoms with van der Waals surface area (Å²) < 4.78 is 43.1. The summed E-state index contributed by atoms with van der Waals surface area (Å²) in [6.45, 7) is 2.97. The Morgan fingerprint density at radius 3 is 2.67 bits per heavy atom. The zero-order valence-corrected chi connectivity index (χ0v) is 17.9. The molecule has 0 atom stereocenters. The van der Waals surface area contributed by atoms with Gasteiger partial charge in [-0.25, -0.2) is 9.67 Å². The van der Waals surface area contributed by atoms with Crippen molar-refractivity contribution in [3.63, 3.8) is 0 Å². The number of aryl methyl sites for hydroxylation is 1. The number of aromatic nitrogens is 4. The lowest BCUT2D eigenvalue weighted by molar-refractivity contribution is -0.137. The van der Waals surface area contributed by atoms with Crippen molar-refractivity contribution in [2.75, 3.05) is 0 Å². The standard InChI is InChI=1S/C24H22F3N5O/c1-2-31-20-9-4-3-8-19(20)30-21(31)14-28-23(33)18-13-29-32(22(18)15-10-11-15)17-7-5-6-16(12-17)24(25,26)27/h3-9,12-13,15H,2,10-11,14H2,1H3,(H,28,33). The molecule has 0 aliphatic heterocycles. The summed E-state index contributed by atoms with van der Waals surface area (Å²) in [6, 6.07) is 12.8. The van der Waals surface area contributed by atoms with Crippen molar-refractivity contribution in [2.45, 2.75) is 44.9 Å². The van der Waals surface area contributed by atoms with Crippen LogP contribution in [0.25, 0.3) is 16.7 Å². The van der Waals surface area contributed by atoms with E-state index >= 15 is 0 Å². The molecule has 1 aliphatic carbocycles. The van der Waals surface area contributed by atoms with Gasteiger partial charge in [-0.2, -0.15) is 18.3 Å². The number of alkyl halides is 3. The molecular formula is C24H22F3N5O. The number of rotatable bonds is 6. The first-order chi connectivity index (χ1) is 15.9. The minimum atomic E-state index is -4.45. The third-order valence-corrected chi connectivity index (χ3v) is 5.89. The molecule has 0 spiro atoms. The van der Waals surface area contributed by atoms with Crippen LogP contribution in [0.3, 0.4) is 0 Å². The molecule has 0 unspecified atom stereocenters. The highest BCUT2D eigenvalue weighted by molar-refractivity contribution is 5.95. The molecular weight excluding hydrogens is 431 g/mol. The number of halogens is 3. The number of amides is 1. The normalized spacial score (nSPS) is 14.1. The Morgan fingerprint density at radius 2 is 1.94 bits per heavy atom. The quantitative estimate of drug-likeness (QED) is 0.443. The number of para-hydroxylation sites is 2. The van der Waals surface area contributed by atoms with Gasteiger partial charge in [-0.3, -0.25) is 4.79 Å². The number of imidazole rings is 1. The Hall–Kier alpha value is -3.62. The largest absolute Gasteiger partial charge is 0.416 e. The zero-order chi connectivity index (χ0) is 23.2. The van der Waals surface area contributed by atoms with Gasteiger partial charge < -0.3 is 9.88 Å². The van der Waals surface area contributed by atoms with Gasteiger partial charge in [0.05, 0.1) is 46.3 Å². The van der Waals surface area contributed by atoms with E-state index < -0.39 is 11.7 Å². The number of hydrogen-bond donors (Lipinski definition) is 1. The number of hydrogen-bond acceptors (Lipinski definition) is 3. The minimum absolute atomic E-state index is 0.100. The van der Waals surface area contributed by atoms with E-state index in [1.807, 2.05) is 35.8 Å². The number of nitrogens with zero attached hydrogens (tertiary/aromatic N) is 4. The third kappa shape index (κ3) is 3.99. The van der Waals surface area contributed by atoms with E-state index in [-0.39, 0.29) is 18.4 Å². The van der Waals surface area contributed by atoms with Crippen LogP contribution in [0.2, 0.25) is 0 Å². The Labute approximate surface area is 188 Å². The lowest BCUT2D eigenvalue weighted by Gasteiger charge is -2.12. The van der Waals surface area contributed by atoms with Crippen LogP contribution in [-0.2, 0) is 19.3 Å². The fraction of sp³-hybridized carbons (Fsp3) is 0.292. The van der Waals surface area contributed by atoms with Gasteiger partial charge in [0.25, 0.3) is 5.91 Å². The molecule has 0 bridgehead atoms. The topological polar surface area (TPSA) is 64.7 Å². The molecule has 6 nitrogen and oxygen atoms in total. The van der Waals surface area contributed by atoms with E-state index in [4.69, 9.17) is 0 Å². The molecule has 1 fully saturated rings. The Kier molecular flexibility index (Phi) is 5.19. The molecule has 2 heterocycles. The van der Waals surface area contributed by atoms with Crippen molar-refractivity contribution in [1.29, 1.82) is 0 Å². The molecule has 9 heteroatoms. The molecule has 2 aromatic carbocycles. The lowest BCUT2D eigenvalue weighted by Crippen LogP contribution is -2.25. The van der Waals surface area contributed by atoms with Crippen LogP contribution in [0, 0.1) is 0 Å². The number of carbonyl (C=O) groups excluding carboxylic acids is 1. The molecule has 4 aromatic rings. The monoisotopic (exact) mass is 453 g/mol. The van der Waals surface area contributed by atoms with Gasteiger partial charge in [-0.05, 0) is 50.1 Å². The second kappa shape index (κ2) is 8.06. The SMILES string of the molecule is CCn1c(CNC(=O)c2cnn(-c3cccc(C(F)(F)F)c3)c2C2CC2)nc2ccccc21. The van der Waals surface area contributed by atoms with E-state index in [1.165, 1.54) is 16.9 Å². The summed E-state index contributed by atoms with van der Waals surface area (Å²) >= 11 is 0. The summed E-state index contributed by atoms with van der Waals surface area (Å²) in [5.41, 5.74) is 2.44. The van der Waals surface area contributed by atoms with Crippen molar-refractivity contribution >= 4 is 16.9 Å². The molecule has 0 saturated heterocycles. The van der Waals surface area contributed by atoms with Crippen LogP contribution >= 0.6 is 0 Å². The van der Waals surface area contributed by atoms with Gasteiger partial charge in [-0.15, -0.1) is 0 Å². The van der Waals surface area contributed by atoms with Gasteiger partial charge >= 0.3 is 6.18 Å². The van der Waals surface area contributed by atoms with E-state index in [1.54, 1.807) is 6.07 Å². The summed E-state index contributed by atoms with van der Waals surface area (Å²) in [4.78, 5) is 17.7. The van der Waals surface area contributed by atoms with Crippen LogP contribution < -0.4 is 5.32 Å². The van der Waals surface area contributed by atoms with Gasteiger partial charge in [-0.1, -0.05) is 18.2 Å². The summed E-state index contributed by atoms with van der Waals surface area (Å²) in [7, 11) is 0. The molecule has 1 N–H and O–H groups in total. The van der Waals surface area contributed by atoms with Crippen LogP contribution in [-0.4, -0.2) is 25.2 Å². The maximum atomic E-state index is 13.2. The van der Waals surface area contributed by atoms with Crippen molar-refractivity contribution in [1.82, 2.24) is 24.6 Å². The zero-order valence-electron chi connectivity index (χ0n) is 17.9. The van der Waals surface area contributed by atoms with Crippen molar-refractivity contribution in [3.05, 3.63) is 77.4 Å². The van der Waals surface area contributed by atoms with Crippen LogP contribution in [0.1, 0.15) is 53.1 Å². The first-order valence-corrected chi connectivity index (χ1v) is 10.8. The fourth-order valence-electron chi connectivity index (χ4n) is 4.17. The van der Waals surface area contributed by atoms with Crippen molar-refractivity contribution < 1.29 is 18.0 Å². The number of carbonyl (C=O) groups is 1. The molecule has 1 aliphatic rings. The van der Waals surface area contributed by atoms with Gasteiger partial charge in [0.15, 0.2) is 0 Å². The molecule has 170 valence electrons. The predicted molar refractivity (Wildman–Crippen MR) is 117 cm³/mol. The first kappa shape index (κ1) is 21.2. The smallest absolute Gasteiger partial charge is 0.345 e. The molecule has 2 aromatic heterocycles. The number of fused-ring (bicyclic) bond motifs is 1. The lowest BCUT2D eigenvalue weighted by atomic mass is 10.1. The maximum Gasteiger partial charge on any atom is 0.416 e. The molecule has 5 rings (SSSR count). The maximum absolute atomic E-state index is 13.2. The van der Waals surface area contributed by atoms with Crippen LogP contribution in [0.4, 0.5) is 13.2 Å².